The Balaban J connectivity index is 0.000000132. The zero-order valence-electron chi connectivity index (χ0n) is 51.3. The van der Waals surface area contributed by atoms with E-state index in [0.717, 1.165) is 107 Å². The zero-order chi connectivity index (χ0) is 63.0. The van der Waals surface area contributed by atoms with Crippen LogP contribution in [0.25, 0.3) is 61.1 Å². The molecule has 0 radical (unpaired) electrons. The number of carbonyl (C=O) groups is 2. The van der Waals surface area contributed by atoms with Crippen molar-refractivity contribution in [3.63, 3.8) is 0 Å². The smallest absolute Gasteiger partial charge is 0.336 e. The lowest BCUT2D eigenvalue weighted by molar-refractivity contribution is 0.102. The summed E-state index contributed by atoms with van der Waals surface area (Å²) >= 11 is 0. The Morgan fingerprint density at radius 2 is 1.45 bits per heavy atom. The van der Waals surface area contributed by atoms with Gasteiger partial charge in [0.25, 0.3) is 11.8 Å². The number of anilines is 2. The summed E-state index contributed by atoms with van der Waals surface area (Å²) in [5.41, 5.74) is 12.1. The summed E-state index contributed by atoms with van der Waals surface area (Å²) in [5.74, 6) is 1.86. The second-order valence-electron chi connectivity index (χ2n) is 22.9. The number of hydrogen-bond acceptors (Lipinski definition) is 13. The summed E-state index contributed by atoms with van der Waals surface area (Å²) in [6.45, 7) is 12.2. The van der Waals surface area contributed by atoms with Crippen LogP contribution in [0.4, 0.5) is 11.4 Å². The van der Waals surface area contributed by atoms with E-state index in [2.05, 4.69) is 73.7 Å². The molecule has 1 unspecified atom stereocenters. The van der Waals surface area contributed by atoms with E-state index in [1.165, 1.54) is 47.0 Å². The highest BCUT2D eigenvalue weighted by atomic mass is 32.2. The number of pyridine rings is 4. The highest BCUT2D eigenvalue weighted by Crippen LogP contribution is 2.32. The van der Waals surface area contributed by atoms with Gasteiger partial charge in [0.1, 0.15) is 17.2 Å². The number of nitrogens with one attached hydrogen (secondary N) is 2. The van der Waals surface area contributed by atoms with E-state index in [4.69, 9.17) is 4.42 Å². The number of nitrogens with zero attached hydrogens (tertiary/aromatic N) is 10. The van der Waals surface area contributed by atoms with E-state index in [-0.39, 0.29) is 22.3 Å². The van der Waals surface area contributed by atoms with Crippen LogP contribution in [0.5, 0.6) is 0 Å². The number of rotatable bonds is 13. The molecule has 9 heterocycles. The molecule has 2 N–H and O–H groups in total. The molecule has 2 amide bonds. The Bertz CT molecular complexity index is 4790. The molecule has 2 aliphatic rings. The lowest BCUT2D eigenvalue weighted by Crippen LogP contribution is -2.34. The van der Waals surface area contributed by atoms with Gasteiger partial charge in [0.15, 0.2) is 5.65 Å². The van der Waals surface area contributed by atoms with Crippen molar-refractivity contribution in [1.29, 1.82) is 0 Å². The minimum Gasteiger partial charge on any atom is -0.423 e. The molecule has 0 saturated carbocycles. The summed E-state index contributed by atoms with van der Waals surface area (Å²) in [4.78, 5) is 58.8. The molecule has 18 nitrogen and oxygen atoms in total. The molecular weight excluding hydrogens is 1160 g/mol. The van der Waals surface area contributed by atoms with Gasteiger partial charge in [0.2, 0.25) is 10.0 Å². The second kappa shape index (κ2) is 27.3. The van der Waals surface area contributed by atoms with Crippen molar-refractivity contribution >= 4 is 71.6 Å². The van der Waals surface area contributed by atoms with Crippen molar-refractivity contribution in [2.75, 3.05) is 36.8 Å². The second-order valence-corrected chi connectivity index (χ2v) is 24.9. The Hall–Kier alpha value is -10.1. The van der Waals surface area contributed by atoms with Crippen molar-refractivity contribution in [1.82, 2.24) is 48.3 Å². The number of sulfonamides is 1. The van der Waals surface area contributed by atoms with E-state index in [0.29, 0.717) is 58.1 Å². The first kappa shape index (κ1) is 61.2. The first-order valence-corrected chi connectivity index (χ1v) is 32.3. The average molecular weight is 1230 g/mol. The van der Waals surface area contributed by atoms with Crippen molar-refractivity contribution in [2.24, 2.45) is 0 Å². The number of amides is 2. The number of imidazole rings is 1. The molecule has 19 heteroatoms. The van der Waals surface area contributed by atoms with Crippen LogP contribution in [0.2, 0.25) is 0 Å². The van der Waals surface area contributed by atoms with Gasteiger partial charge >= 0.3 is 5.63 Å². The molecule has 7 aromatic heterocycles. The van der Waals surface area contributed by atoms with Crippen LogP contribution >= 0.6 is 0 Å². The fraction of sp³-hybridized carbons (Fsp3) is 0.236. The first-order valence-electron chi connectivity index (χ1n) is 30.9. The molecule has 2 aliphatic heterocycles. The predicted molar refractivity (Wildman–Crippen MR) is 357 cm³/mol. The third-order valence-corrected chi connectivity index (χ3v) is 19.0. The number of benzene rings is 5. The zero-order valence-corrected chi connectivity index (χ0v) is 52.1. The van der Waals surface area contributed by atoms with E-state index in [1.807, 2.05) is 129 Å². The standard InChI is InChI=1S/C25H24N4O3S.C24H22N4O.C23H24N4O2/c1-3-29(4-2)33(31,32)20-13-11-19(12-14-20)27-25(30)22-16-24(18-8-7-15-26-17-18)28-23-10-6-5-9-21(22)23;29-24(21-12-5-7-17-9-6-13-25-22(17)21)27-19-10-4-8-18(15-19)23-26-16-20-11-2-1-3-14-28(20)23;1-15-10-19-18(12-22(28)29-20(19)11-16(15)2)14-26-8-5-6-17(13-26)23-25-24-21-7-3-4-9-27(21)23/h5-17H,3-4H2,1-2H3,(H,27,30);4-10,12-13,15-16H,1-3,11,14H2,(H,27,29);3-4,7,9-12,17H,5-6,8,13-14H2,1-2H3. The average Bonchev–Trinajstić information content (AvgIpc) is 1.94. The Kier molecular flexibility index (Phi) is 18.4. The maximum Gasteiger partial charge on any atom is 0.336 e. The van der Waals surface area contributed by atoms with Gasteiger partial charge in [-0.15, -0.1) is 10.2 Å². The van der Waals surface area contributed by atoms with Crippen LogP contribution < -0.4 is 16.3 Å². The molecular formula is C72H70N12O6S. The number of likely N-dealkylation sites (tertiary alicyclic amines) is 1. The van der Waals surface area contributed by atoms with Crippen molar-refractivity contribution in [3.8, 4) is 22.6 Å². The molecule has 14 rings (SSSR count). The van der Waals surface area contributed by atoms with E-state index in [9.17, 15) is 22.8 Å². The molecule has 0 bridgehead atoms. The maximum atomic E-state index is 13.2. The third kappa shape index (κ3) is 13.6. The lowest BCUT2D eigenvalue weighted by Gasteiger charge is -2.32. The number of para-hydroxylation sites is 2. The summed E-state index contributed by atoms with van der Waals surface area (Å²) in [6.07, 6.45) is 16.1. The van der Waals surface area contributed by atoms with Gasteiger partial charge in [-0.3, -0.25) is 28.9 Å². The monoisotopic (exact) mass is 1230 g/mol. The Morgan fingerprint density at radius 1 is 0.681 bits per heavy atom. The van der Waals surface area contributed by atoms with Gasteiger partial charge in [0.05, 0.1) is 32.7 Å². The van der Waals surface area contributed by atoms with Crippen molar-refractivity contribution in [2.45, 2.75) is 90.1 Å². The summed E-state index contributed by atoms with van der Waals surface area (Å²) in [5, 5.41) is 17.4. The van der Waals surface area contributed by atoms with E-state index < -0.39 is 10.0 Å². The molecule has 5 aromatic carbocycles. The SMILES string of the molecule is CCN(CC)S(=O)(=O)c1ccc(NC(=O)c2cc(-c3cccnc3)nc3ccccc23)cc1.Cc1cc2oc(=O)cc(CN3CCCC(c4nnc5ccccn45)C3)c2cc1C.O=C(Nc1cccc(-c2ncc3n2CCCCC3)c1)c1cccc2cccnc12. The fourth-order valence-electron chi connectivity index (χ4n) is 12.1. The summed E-state index contributed by atoms with van der Waals surface area (Å²) < 4.78 is 36.7. The molecule has 0 spiro atoms. The predicted octanol–water partition coefficient (Wildman–Crippen LogP) is 13.5. The molecule has 1 atom stereocenters. The molecule has 0 aliphatic carbocycles. The van der Waals surface area contributed by atoms with E-state index in [1.54, 1.807) is 56.7 Å². The topological polar surface area (TPSA) is 216 Å². The highest BCUT2D eigenvalue weighted by molar-refractivity contribution is 7.89. The molecule has 1 saturated heterocycles. The van der Waals surface area contributed by atoms with Gasteiger partial charge in [-0.25, -0.2) is 23.2 Å². The first-order chi connectivity index (χ1) is 44.3. The van der Waals surface area contributed by atoms with Crippen LogP contribution in [-0.4, -0.2) is 94.7 Å². The fourth-order valence-corrected chi connectivity index (χ4v) is 13.6. The van der Waals surface area contributed by atoms with Crippen molar-refractivity contribution in [3.05, 3.63) is 238 Å². The van der Waals surface area contributed by atoms with Gasteiger partial charge in [-0.2, -0.15) is 4.31 Å². The number of aryl methyl sites for hydroxylation is 3. The number of hydrogen-bond donors (Lipinski definition) is 2. The molecule has 12 aromatic rings. The minimum atomic E-state index is -3.56. The molecule has 1 fully saturated rings. The van der Waals surface area contributed by atoms with Gasteiger partial charge in [-0.1, -0.05) is 74.9 Å². The van der Waals surface area contributed by atoms with Crippen LogP contribution in [0, 0.1) is 13.8 Å². The summed E-state index contributed by atoms with van der Waals surface area (Å²) in [6, 6.07) is 48.3. The quantitative estimate of drug-likeness (QED) is 0.103. The number of aromatic nitrogens is 8. The number of carbonyl (C=O) groups excluding carboxylic acids is 2. The third-order valence-electron chi connectivity index (χ3n) is 16.9. The van der Waals surface area contributed by atoms with Crippen LogP contribution in [-0.2, 0) is 29.5 Å². The van der Waals surface area contributed by atoms with E-state index >= 15 is 0 Å². The molecule has 91 heavy (non-hydrogen) atoms. The largest absolute Gasteiger partial charge is 0.423 e. The number of piperidine rings is 1. The van der Waals surface area contributed by atoms with Crippen LogP contribution in [0.15, 0.2) is 203 Å². The van der Waals surface area contributed by atoms with Gasteiger partial charge in [0, 0.05) is 120 Å². The Labute approximate surface area is 527 Å². The van der Waals surface area contributed by atoms with Crippen LogP contribution in [0.3, 0.4) is 0 Å². The summed E-state index contributed by atoms with van der Waals surface area (Å²) in [7, 11) is -3.56. The van der Waals surface area contributed by atoms with Gasteiger partial charge < -0.3 is 19.6 Å². The van der Waals surface area contributed by atoms with Crippen LogP contribution in [0.1, 0.15) is 101 Å². The maximum absolute atomic E-state index is 13.2. The lowest BCUT2D eigenvalue weighted by atomic mass is 9.96. The Morgan fingerprint density at radius 3 is 2.29 bits per heavy atom. The van der Waals surface area contributed by atoms with Crippen molar-refractivity contribution < 1.29 is 22.4 Å². The number of fused-ring (bicyclic) bond motifs is 5. The highest BCUT2D eigenvalue weighted by Gasteiger charge is 2.27. The normalized spacial score (nSPS) is 14.3. The molecule has 460 valence electrons. The van der Waals surface area contributed by atoms with Gasteiger partial charge in [-0.05, 0) is 166 Å². The minimum absolute atomic E-state index is 0.159.